The van der Waals surface area contributed by atoms with E-state index in [-0.39, 0.29) is 5.97 Å². The lowest BCUT2D eigenvalue weighted by atomic mass is 10.1. The van der Waals surface area contributed by atoms with Gasteiger partial charge in [-0.3, -0.25) is 9.69 Å². The predicted molar refractivity (Wildman–Crippen MR) is 81.1 cm³/mol. The Balaban J connectivity index is 2.13. The molecule has 0 spiro atoms. The molecule has 1 aromatic rings. The molecule has 0 N–H and O–H groups in total. The molecule has 0 saturated heterocycles. The summed E-state index contributed by atoms with van der Waals surface area (Å²) in [5.74, 6) is -0.213. The van der Waals surface area contributed by atoms with E-state index in [2.05, 4.69) is 4.90 Å². The Morgan fingerprint density at radius 2 is 2.05 bits per heavy atom. The topological polar surface area (TPSA) is 29.5 Å². The van der Waals surface area contributed by atoms with Crippen LogP contribution in [0.3, 0.4) is 0 Å². The Morgan fingerprint density at radius 3 is 2.70 bits per heavy atom. The highest BCUT2D eigenvalue weighted by molar-refractivity contribution is 6.33. The highest BCUT2D eigenvalue weighted by Crippen LogP contribution is 2.28. The third kappa shape index (κ3) is 4.11. The molecule has 0 radical (unpaired) electrons. The quantitative estimate of drug-likeness (QED) is 0.771. The zero-order chi connectivity index (χ0) is 14.5. The maximum Gasteiger partial charge on any atom is 0.319 e. The van der Waals surface area contributed by atoms with Gasteiger partial charge in [0.15, 0.2) is 0 Å². The van der Waals surface area contributed by atoms with Gasteiger partial charge in [-0.25, -0.2) is 0 Å². The fourth-order valence-electron chi connectivity index (χ4n) is 2.70. The smallest absolute Gasteiger partial charge is 0.319 e. The normalized spacial score (nSPS) is 15.8. The van der Waals surface area contributed by atoms with Gasteiger partial charge in [0.1, 0.15) is 0 Å². The van der Waals surface area contributed by atoms with E-state index >= 15 is 0 Å². The van der Waals surface area contributed by atoms with E-state index in [0.717, 1.165) is 18.4 Å². The van der Waals surface area contributed by atoms with Crippen LogP contribution in [-0.4, -0.2) is 30.6 Å². The van der Waals surface area contributed by atoms with Gasteiger partial charge in [0, 0.05) is 22.6 Å². The van der Waals surface area contributed by atoms with Crippen molar-refractivity contribution >= 4 is 29.2 Å². The molecule has 0 atom stereocenters. The van der Waals surface area contributed by atoms with Crippen molar-refractivity contribution in [1.29, 1.82) is 0 Å². The van der Waals surface area contributed by atoms with E-state index in [0.29, 0.717) is 29.2 Å². The minimum atomic E-state index is -0.213. The number of hydrogen-bond donors (Lipinski definition) is 0. The van der Waals surface area contributed by atoms with Crippen LogP contribution < -0.4 is 0 Å². The first-order valence-corrected chi connectivity index (χ1v) is 7.60. The molecule has 1 fully saturated rings. The number of halogens is 2. The van der Waals surface area contributed by atoms with Gasteiger partial charge in [0.25, 0.3) is 0 Å². The summed E-state index contributed by atoms with van der Waals surface area (Å²) in [6, 6.07) is 5.85. The van der Waals surface area contributed by atoms with Crippen LogP contribution in [0.1, 0.15) is 31.2 Å². The van der Waals surface area contributed by atoms with Gasteiger partial charge in [-0.1, -0.05) is 36.0 Å². The van der Waals surface area contributed by atoms with Crippen LogP contribution in [0.2, 0.25) is 10.0 Å². The second-order valence-electron chi connectivity index (χ2n) is 5.16. The Bertz CT molecular complexity index is 473. The van der Waals surface area contributed by atoms with Crippen molar-refractivity contribution in [2.75, 3.05) is 13.7 Å². The zero-order valence-electron chi connectivity index (χ0n) is 11.6. The number of esters is 1. The molecule has 1 saturated carbocycles. The molecule has 0 bridgehead atoms. The standard InChI is InChI=1S/C15H19Cl2NO2/c1-20-15(19)10-18(13-4-2-3-5-13)9-11-8-12(16)6-7-14(11)17/h6-8,13H,2-5,9-10H2,1H3. The molecule has 0 heterocycles. The first-order valence-electron chi connectivity index (χ1n) is 6.85. The Kier molecular flexibility index (Phi) is 5.70. The number of methoxy groups -OCH3 is 1. The fraction of sp³-hybridized carbons (Fsp3) is 0.533. The van der Waals surface area contributed by atoms with E-state index in [4.69, 9.17) is 27.9 Å². The minimum absolute atomic E-state index is 0.213. The van der Waals surface area contributed by atoms with Crippen LogP contribution >= 0.6 is 23.2 Å². The second kappa shape index (κ2) is 7.30. The summed E-state index contributed by atoms with van der Waals surface area (Å²) < 4.78 is 4.79. The molecular weight excluding hydrogens is 297 g/mol. The lowest BCUT2D eigenvalue weighted by Crippen LogP contribution is -2.37. The molecule has 1 aromatic carbocycles. The highest BCUT2D eigenvalue weighted by Gasteiger charge is 2.25. The van der Waals surface area contributed by atoms with Crippen molar-refractivity contribution in [2.45, 2.75) is 38.3 Å². The van der Waals surface area contributed by atoms with E-state index in [9.17, 15) is 4.79 Å². The molecular formula is C15H19Cl2NO2. The molecule has 3 nitrogen and oxygen atoms in total. The van der Waals surface area contributed by atoms with Gasteiger partial charge in [0.05, 0.1) is 13.7 Å². The number of ether oxygens (including phenoxy) is 1. The molecule has 1 aliphatic rings. The van der Waals surface area contributed by atoms with Crippen molar-refractivity contribution in [3.63, 3.8) is 0 Å². The van der Waals surface area contributed by atoms with Crippen LogP contribution in [0.4, 0.5) is 0 Å². The molecule has 2 rings (SSSR count). The van der Waals surface area contributed by atoms with Crippen molar-refractivity contribution in [2.24, 2.45) is 0 Å². The number of carbonyl (C=O) groups is 1. The summed E-state index contributed by atoms with van der Waals surface area (Å²) in [6.07, 6.45) is 4.67. The number of rotatable bonds is 5. The Hall–Kier alpha value is -0.770. The molecule has 0 unspecified atom stereocenters. The van der Waals surface area contributed by atoms with Crippen LogP contribution in [0, 0.1) is 0 Å². The molecule has 0 aliphatic heterocycles. The number of hydrogen-bond acceptors (Lipinski definition) is 3. The van der Waals surface area contributed by atoms with Gasteiger partial charge in [-0.15, -0.1) is 0 Å². The summed E-state index contributed by atoms with van der Waals surface area (Å²) in [5, 5.41) is 1.34. The first kappa shape index (κ1) is 15.6. The molecule has 0 amide bonds. The van der Waals surface area contributed by atoms with Gasteiger partial charge in [0.2, 0.25) is 0 Å². The molecule has 20 heavy (non-hydrogen) atoms. The van der Waals surface area contributed by atoms with Crippen molar-refractivity contribution in [1.82, 2.24) is 4.90 Å². The summed E-state index contributed by atoms with van der Waals surface area (Å²) in [7, 11) is 1.42. The van der Waals surface area contributed by atoms with Gasteiger partial charge in [-0.2, -0.15) is 0 Å². The van der Waals surface area contributed by atoms with Crippen LogP contribution in [0.5, 0.6) is 0 Å². The SMILES string of the molecule is COC(=O)CN(Cc1cc(Cl)ccc1Cl)C1CCCC1. The van der Waals surface area contributed by atoms with Gasteiger partial charge >= 0.3 is 5.97 Å². The maximum atomic E-state index is 11.6. The van der Waals surface area contributed by atoms with Crippen molar-refractivity contribution in [3.8, 4) is 0 Å². The fourth-order valence-corrected chi connectivity index (χ4v) is 3.07. The summed E-state index contributed by atoms with van der Waals surface area (Å²) in [5.41, 5.74) is 0.954. The minimum Gasteiger partial charge on any atom is -0.468 e. The average Bonchev–Trinajstić information content (AvgIpc) is 2.96. The highest BCUT2D eigenvalue weighted by atomic mass is 35.5. The van der Waals surface area contributed by atoms with Crippen LogP contribution in [-0.2, 0) is 16.1 Å². The summed E-state index contributed by atoms with van der Waals surface area (Å²) in [4.78, 5) is 13.7. The van der Waals surface area contributed by atoms with Gasteiger partial charge in [-0.05, 0) is 36.6 Å². The molecule has 5 heteroatoms. The molecule has 110 valence electrons. The van der Waals surface area contributed by atoms with Crippen molar-refractivity contribution in [3.05, 3.63) is 33.8 Å². The largest absolute Gasteiger partial charge is 0.468 e. The summed E-state index contributed by atoms with van der Waals surface area (Å²) >= 11 is 12.2. The molecule has 0 aromatic heterocycles. The number of nitrogens with zero attached hydrogens (tertiary/aromatic N) is 1. The predicted octanol–water partition coefficient (Wildman–Crippen LogP) is 3.91. The van der Waals surface area contributed by atoms with Gasteiger partial charge < -0.3 is 4.74 Å². The second-order valence-corrected chi connectivity index (χ2v) is 6.00. The Labute approximate surface area is 129 Å². The first-order chi connectivity index (χ1) is 9.60. The monoisotopic (exact) mass is 315 g/mol. The molecule has 1 aliphatic carbocycles. The van der Waals surface area contributed by atoms with E-state index in [1.165, 1.54) is 20.0 Å². The Morgan fingerprint density at radius 1 is 1.35 bits per heavy atom. The summed E-state index contributed by atoms with van der Waals surface area (Å²) in [6.45, 7) is 0.920. The lowest BCUT2D eigenvalue weighted by Gasteiger charge is -2.28. The number of carbonyl (C=O) groups excluding carboxylic acids is 1. The van der Waals surface area contributed by atoms with E-state index in [1.54, 1.807) is 12.1 Å². The van der Waals surface area contributed by atoms with Crippen LogP contribution in [0.15, 0.2) is 18.2 Å². The number of benzene rings is 1. The van der Waals surface area contributed by atoms with Crippen LogP contribution in [0.25, 0.3) is 0 Å². The van der Waals surface area contributed by atoms with E-state index < -0.39 is 0 Å². The van der Waals surface area contributed by atoms with E-state index in [1.807, 2.05) is 6.07 Å². The van der Waals surface area contributed by atoms with Crippen molar-refractivity contribution < 1.29 is 9.53 Å². The third-order valence-electron chi connectivity index (χ3n) is 3.78. The maximum absolute atomic E-state index is 11.6. The lowest BCUT2D eigenvalue weighted by molar-refractivity contribution is -0.142. The average molecular weight is 316 g/mol. The zero-order valence-corrected chi connectivity index (χ0v) is 13.1. The third-order valence-corrected chi connectivity index (χ3v) is 4.39.